The number of rotatable bonds is 4. The van der Waals surface area contributed by atoms with Gasteiger partial charge in [-0.3, -0.25) is 0 Å². The van der Waals surface area contributed by atoms with E-state index in [1.54, 1.807) is 4.52 Å². The third-order valence-electron chi connectivity index (χ3n) is 4.39. The second-order valence-corrected chi connectivity index (χ2v) is 6.68. The van der Waals surface area contributed by atoms with Crippen molar-refractivity contribution in [1.82, 2.24) is 14.6 Å². The van der Waals surface area contributed by atoms with Gasteiger partial charge >= 0.3 is 0 Å². The van der Waals surface area contributed by atoms with Gasteiger partial charge in [0.25, 0.3) is 0 Å². The van der Waals surface area contributed by atoms with E-state index in [4.69, 9.17) is 0 Å². The zero-order chi connectivity index (χ0) is 13.9. The molecule has 0 saturated heterocycles. The number of nitrogens with one attached hydrogen (secondary N) is 1. The maximum atomic E-state index is 4.49. The van der Waals surface area contributed by atoms with E-state index in [0.717, 1.165) is 34.4 Å². The van der Waals surface area contributed by atoms with Crippen molar-refractivity contribution in [3.05, 3.63) is 22.8 Å². The molecule has 0 amide bonds. The summed E-state index contributed by atoms with van der Waals surface area (Å²) in [7, 11) is 0. The van der Waals surface area contributed by atoms with Crippen molar-refractivity contribution in [3.63, 3.8) is 0 Å². The Kier molecular flexibility index (Phi) is 4.24. The molecule has 108 valence electrons. The van der Waals surface area contributed by atoms with Gasteiger partial charge in [0.1, 0.15) is 0 Å². The van der Waals surface area contributed by atoms with Crippen LogP contribution >= 0.6 is 15.9 Å². The molecule has 2 heterocycles. The van der Waals surface area contributed by atoms with E-state index >= 15 is 0 Å². The van der Waals surface area contributed by atoms with Crippen LogP contribution in [-0.4, -0.2) is 21.1 Å². The molecule has 20 heavy (non-hydrogen) atoms. The summed E-state index contributed by atoms with van der Waals surface area (Å²) in [5, 5.41) is 7.85. The number of halogens is 1. The van der Waals surface area contributed by atoms with Crippen molar-refractivity contribution < 1.29 is 0 Å². The predicted molar refractivity (Wildman–Crippen MR) is 84.9 cm³/mol. The first-order valence-corrected chi connectivity index (χ1v) is 8.29. The van der Waals surface area contributed by atoms with Gasteiger partial charge < -0.3 is 5.32 Å². The molecule has 0 bridgehead atoms. The van der Waals surface area contributed by atoms with Crippen molar-refractivity contribution in [1.29, 1.82) is 0 Å². The average Bonchev–Trinajstić information content (AvgIpc) is 2.87. The van der Waals surface area contributed by atoms with Crippen LogP contribution in [0.3, 0.4) is 0 Å². The Hall–Kier alpha value is -1.10. The number of hydrogen-bond donors (Lipinski definition) is 1. The lowest BCUT2D eigenvalue weighted by molar-refractivity contribution is 0.278. The number of pyridine rings is 1. The van der Waals surface area contributed by atoms with Crippen LogP contribution < -0.4 is 5.32 Å². The van der Waals surface area contributed by atoms with Gasteiger partial charge in [0.05, 0.1) is 0 Å². The molecule has 0 atom stereocenters. The van der Waals surface area contributed by atoms with Gasteiger partial charge in [-0.2, -0.15) is 4.98 Å². The van der Waals surface area contributed by atoms with Gasteiger partial charge in [-0.15, -0.1) is 5.10 Å². The van der Waals surface area contributed by atoms with E-state index < -0.39 is 0 Å². The molecule has 0 radical (unpaired) electrons. The molecule has 0 unspecified atom stereocenters. The number of aromatic nitrogens is 3. The van der Waals surface area contributed by atoms with E-state index in [0.29, 0.717) is 0 Å². The molecule has 3 rings (SSSR count). The Labute approximate surface area is 128 Å². The van der Waals surface area contributed by atoms with Crippen LogP contribution in [0.1, 0.15) is 39.0 Å². The molecular weight excluding hydrogens is 316 g/mol. The minimum atomic E-state index is 0.737. The van der Waals surface area contributed by atoms with Gasteiger partial charge in [0, 0.05) is 17.2 Å². The summed E-state index contributed by atoms with van der Waals surface area (Å²) < 4.78 is 2.82. The fraction of sp³-hybridized carbons (Fsp3) is 0.600. The van der Waals surface area contributed by atoms with E-state index in [-0.39, 0.29) is 0 Å². The predicted octanol–water partition coefficient (Wildman–Crippen LogP) is 4.12. The SMILES string of the molecule is CCC1CCC(CNc2nc3ccc(Br)cn3n2)CC1. The van der Waals surface area contributed by atoms with Crippen LogP contribution in [0.4, 0.5) is 5.95 Å². The highest BCUT2D eigenvalue weighted by Crippen LogP contribution is 2.30. The monoisotopic (exact) mass is 336 g/mol. The molecule has 1 aliphatic rings. The highest BCUT2D eigenvalue weighted by Gasteiger charge is 2.20. The number of fused-ring (bicyclic) bond motifs is 1. The van der Waals surface area contributed by atoms with Gasteiger partial charge in [0.2, 0.25) is 5.95 Å². The normalized spacial score (nSPS) is 23.1. The standard InChI is InChI=1S/C15H21BrN4/c1-2-11-3-5-12(6-4-11)9-17-15-18-14-8-7-13(16)10-20(14)19-15/h7-8,10-12H,2-6,9H2,1H3,(H,17,19). The molecule has 5 heteroatoms. The summed E-state index contributed by atoms with van der Waals surface area (Å²) in [6.45, 7) is 3.30. The molecule has 4 nitrogen and oxygen atoms in total. The third-order valence-corrected chi connectivity index (χ3v) is 4.86. The number of anilines is 1. The van der Waals surface area contributed by atoms with Crippen LogP contribution in [0.15, 0.2) is 22.8 Å². The zero-order valence-electron chi connectivity index (χ0n) is 11.8. The lowest BCUT2D eigenvalue weighted by Crippen LogP contribution is -2.21. The summed E-state index contributed by atoms with van der Waals surface area (Å²) in [5.41, 5.74) is 0.880. The summed E-state index contributed by atoms with van der Waals surface area (Å²) in [4.78, 5) is 4.49. The minimum Gasteiger partial charge on any atom is -0.353 e. The van der Waals surface area contributed by atoms with Crippen LogP contribution in [0, 0.1) is 11.8 Å². The van der Waals surface area contributed by atoms with Crippen LogP contribution in [0.2, 0.25) is 0 Å². The van der Waals surface area contributed by atoms with E-state index in [2.05, 4.69) is 38.3 Å². The second kappa shape index (κ2) is 6.12. The molecule has 1 saturated carbocycles. The van der Waals surface area contributed by atoms with Gasteiger partial charge in [-0.25, -0.2) is 4.52 Å². The first-order valence-electron chi connectivity index (χ1n) is 7.50. The molecule has 2 aromatic rings. The maximum absolute atomic E-state index is 4.49. The van der Waals surface area contributed by atoms with Crippen LogP contribution in [0.25, 0.3) is 5.65 Å². The molecule has 0 aromatic carbocycles. The van der Waals surface area contributed by atoms with E-state index in [1.807, 2.05) is 18.3 Å². The molecule has 1 N–H and O–H groups in total. The lowest BCUT2D eigenvalue weighted by atomic mass is 9.81. The molecule has 2 aromatic heterocycles. The van der Waals surface area contributed by atoms with Crippen molar-refractivity contribution in [2.75, 3.05) is 11.9 Å². The fourth-order valence-electron chi connectivity index (χ4n) is 3.01. The Balaban J connectivity index is 1.57. The summed E-state index contributed by atoms with van der Waals surface area (Å²) >= 11 is 3.45. The Morgan fingerprint density at radius 2 is 2.00 bits per heavy atom. The summed E-state index contributed by atoms with van der Waals surface area (Å²) in [6.07, 6.45) is 8.71. The average molecular weight is 337 g/mol. The van der Waals surface area contributed by atoms with Crippen molar-refractivity contribution in [2.45, 2.75) is 39.0 Å². The second-order valence-electron chi connectivity index (χ2n) is 5.76. The molecule has 0 spiro atoms. The van der Waals surface area contributed by atoms with Gasteiger partial charge in [0.15, 0.2) is 5.65 Å². The van der Waals surface area contributed by atoms with Gasteiger partial charge in [-0.1, -0.05) is 26.2 Å². The Bertz CT molecular complexity index is 572. The number of hydrogen-bond acceptors (Lipinski definition) is 3. The minimum absolute atomic E-state index is 0.737. The summed E-state index contributed by atoms with van der Waals surface area (Å²) in [5.74, 6) is 2.47. The van der Waals surface area contributed by atoms with E-state index in [9.17, 15) is 0 Å². The topological polar surface area (TPSA) is 42.2 Å². The smallest absolute Gasteiger partial charge is 0.243 e. The maximum Gasteiger partial charge on any atom is 0.243 e. The first kappa shape index (κ1) is 13.9. The highest BCUT2D eigenvalue weighted by molar-refractivity contribution is 9.10. The first-order chi connectivity index (χ1) is 9.74. The largest absolute Gasteiger partial charge is 0.353 e. The van der Waals surface area contributed by atoms with Gasteiger partial charge in [-0.05, 0) is 52.7 Å². The lowest BCUT2D eigenvalue weighted by Gasteiger charge is -2.27. The summed E-state index contributed by atoms with van der Waals surface area (Å²) in [6, 6.07) is 3.95. The van der Waals surface area contributed by atoms with Crippen LogP contribution in [-0.2, 0) is 0 Å². The zero-order valence-corrected chi connectivity index (χ0v) is 13.4. The molecule has 1 aliphatic carbocycles. The van der Waals surface area contributed by atoms with Crippen molar-refractivity contribution in [2.24, 2.45) is 11.8 Å². The fourth-order valence-corrected chi connectivity index (χ4v) is 3.34. The quantitative estimate of drug-likeness (QED) is 0.913. The molecule has 0 aliphatic heterocycles. The van der Waals surface area contributed by atoms with Crippen LogP contribution in [0.5, 0.6) is 0 Å². The third kappa shape index (κ3) is 3.14. The molecule has 1 fully saturated rings. The van der Waals surface area contributed by atoms with E-state index in [1.165, 1.54) is 32.1 Å². The van der Waals surface area contributed by atoms with Crippen molar-refractivity contribution >= 4 is 27.5 Å². The molecular formula is C15H21BrN4. The Morgan fingerprint density at radius 3 is 2.75 bits per heavy atom. The Morgan fingerprint density at radius 1 is 1.25 bits per heavy atom. The number of nitrogens with zero attached hydrogens (tertiary/aromatic N) is 3. The van der Waals surface area contributed by atoms with Crippen molar-refractivity contribution in [3.8, 4) is 0 Å². The highest BCUT2D eigenvalue weighted by atomic mass is 79.9.